The first-order valence-corrected chi connectivity index (χ1v) is 8.37. The van der Waals surface area contributed by atoms with Crippen LogP contribution in [0.4, 0.5) is 0 Å². The predicted molar refractivity (Wildman–Crippen MR) is 95.3 cm³/mol. The maximum Gasteiger partial charge on any atom is 0.246 e. The lowest BCUT2D eigenvalue weighted by Crippen LogP contribution is -2.25. The minimum absolute atomic E-state index is 0.0710. The molecule has 2 rings (SSSR count). The van der Waals surface area contributed by atoms with E-state index in [0.717, 1.165) is 37.1 Å². The Kier molecular flexibility index (Phi) is 5.97. The summed E-state index contributed by atoms with van der Waals surface area (Å²) in [5.41, 5.74) is 2.81. The van der Waals surface area contributed by atoms with Gasteiger partial charge in [-0.2, -0.15) is 0 Å². The van der Waals surface area contributed by atoms with Crippen molar-refractivity contribution in [2.75, 3.05) is 6.54 Å². The summed E-state index contributed by atoms with van der Waals surface area (Å²) >= 11 is 0. The van der Waals surface area contributed by atoms with Crippen LogP contribution in [0.15, 0.2) is 36.4 Å². The van der Waals surface area contributed by atoms with Crippen LogP contribution in [0.25, 0.3) is 11.0 Å². The Morgan fingerprint density at radius 1 is 1.35 bits per heavy atom. The van der Waals surface area contributed by atoms with E-state index < -0.39 is 0 Å². The first kappa shape index (κ1) is 17.3. The van der Waals surface area contributed by atoms with Crippen molar-refractivity contribution in [2.45, 2.75) is 46.6 Å². The van der Waals surface area contributed by atoms with Gasteiger partial charge in [0.2, 0.25) is 5.91 Å². The largest absolute Gasteiger partial charge is 0.352 e. The fraction of sp³-hybridized carbons (Fsp3) is 0.474. The van der Waals surface area contributed by atoms with Gasteiger partial charge in [-0.15, -0.1) is 0 Å². The molecule has 0 spiro atoms. The monoisotopic (exact) mass is 313 g/mol. The summed E-state index contributed by atoms with van der Waals surface area (Å²) in [7, 11) is 0. The second kappa shape index (κ2) is 7.95. The van der Waals surface area contributed by atoms with Crippen LogP contribution in [-0.4, -0.2) is 22.0 Å². The third-order valence-electron chi connectivity index (χ3n) is 3.91. The van der Waals surface area contributed by atoms with Gasteiger partial charge in [0, 0.05) is 25.1 Å². The van der Waals surface area contributed by atoms with Crippen LogP contribution in [0.1, 0.15) is 39.4 Å². The van der Waals surface area contributed by atoms with Gasteiger partial charge < -0.3 is 9.88 Å². The molecule has 124 valence electrons. The van der Waals surface area contributed by atoms with Gasteiger partial charge in [-0.25, -0.2) is 4.98 Å². The number of fused-ring (bicyclic) bond motifs is 1. The third-order valence-corrected chi connectivity index (χ3v) is 3.91. The van der Waals surface area contributed by atoms with Crippen molar-refractivity contribution in [3.63, 3.8) is 0 Å². The number of carbonyl (C=O) groups excluding carboxylic acids is 1. The maximum atomic E-state index is 11.5. The summed E-state index contributed by atoms with van der Waals surface area (Å²) in [6, 6.07) is 8.29. The van der Waals surface area contributed by atoms with E-state index in [1.807, 2.05) is 6.07 Å². The van der Waals surface area contributed by atoms with Gasteiger partial charge in [-0.05, 0) is 37.8 Å². The molecule has 23 heavy (non-hydrogen) atoms. The number of carbonyl (C=O) groups is 1. The van der Waals surface area contributed by atoms with Crippen molar-refractivity contribution in [1.29, 1.82) is 0 Å². The van der Waals surface area contributed by atoms with Gasteiger partial charge in [-0.1, -0.05) is 32.6 Å². The third kappa shape index (κ3) is 4.68. The molecule has 0 saturated heterocycles. The zero-order valence-corrected chi connectivity index (χ0v) is 14.4. The highest BCUT2D eigenvalue weighted by atomic mass is 16.1. The van der Waals surface area contributed by atoms with E-state index in [1.54, 1.807) is 6.92 Å². The molecule has 0 radical (unpaired) electrons. The number of hydrogen-bond acceptors (Lipinski definition) is 2. The summed E-state index contributed by atoms with van der Waals surface area (Å²) in [4.78, 5) is 16.3. The van der Waals surface area contributed by atoms with Crippen molar-refractivity contribution >= 4 is 16.9 Å². The Hall–Kier alpha value is -2.10. The SMILES string of the molecule is C=C(C)C(=O)NCCCc1nc2ccccc2n1CCC(C)C. The molecule has 0 unspecified atom stereocenters. The molecule has 0 fully saturated rings. The highest BCUT2D eigenvalue weighted by molar-refractivity contribution is 5.92. The number of nitrogens with zero attached hydrogens (tertiary/aromatic N) is 2. The van der Waals surface area contributed by atoms with Crippen molar-refractivity contribution in [1.82, 2.24) is 14.9 Å². The highest BCUT2D eigenvalue weighted by Gasteiger charge is 2.11. The molecule has 0 aliphatic carbocycles. The molecule has 4 heteroatoms. The zero-order valence-electron chi connectivity index (χ0n) is 14.4. The molecule has 1 N–H and O–H groups in total. The van der Waals surface area contributed by atoms with Crippen LogP contribution in [0, 0.1) is 5.92 Å². The first-order valence-electron chi connectivity index (χ1n) is 8.37. The smallest absolute Gasteiger partial charge is 0.246 e. The van der Waals surface area contributed by atoms with Crippen LogP contribution in [0.3, 0.4) is 0 Å². The molecule has 2 aromatic rings. The molecule has 0 saturated carbocycles. The fourth-order valence-corrected chi connectivity index (χ4v) is 2.55. The van der Waals surface area contributed by atoms with Gasteiger partial charge >= 0.3 is 0 Å². The number of nitrogens with one attached hydrogen (secondary N) is 1. The molecule has 1 aromatic heterocycles. The van der Waals surface area contributed by atoms with Crippen molar-refractivity contribution in [3.05, 3.63) is 42.2 Å². The van der Waals surface area contributed by atoms with Gasteiger partial charge in [0.15, 0.2) is 0 Å². The number of rotatable bonds is 8. The fourth-order valence-electron chi connectivity index (χ4n) is 2.55. The number of benzene rings is 1. The Bertz CT molecular complexity index is 685. The second-order valence-electron chi connectivity index (χ2n) is 6.49. The van der Waals surface area contributed by atoms with Gasteiger partial charge in [-0.3, -0.25) is 4.79 Å². The molecule has 0 atom stereocenters. The van der Waals surface area contributed by atoms with Gasteiger partial charge in [0.25, 0.3) is 0 Å². The number of aromatic nitrogens is 2. The van der Waals surface area contributed by atoms with Crippen molar-refractivity contribution in [2.24, 2.45) is 5.92 Å². The molecule has 1 heterocycles. The normalized spacial score (nSPS) is 11.1. The van der Waals surface area contributed by atoms with Gasteiger partial charge in [0.1, 0.15) is 5.82 Å². The van der Waals surface area contributed by atoms with E-state index in [2.05, 4.69) is 48.5 Å². The lowest BCUT2D eigenvalue weighted by atomic mass is 10.1. The van der Waals surface area contributed by atoms with E-state index >= 15 is 0 Å². The Morgan fingerprint density at radius 2 is 2.09 bits per heavy atom. The summed E-state index contributed by atoms with van der Waals surface area (Å²) in [6.45, 7) is 11.5. The number of para-hydroxylation sites is 2. The number of aryl methyl sites for hydroxylation is 2. The molecule has 4 nitrogen and oxygen atoms in total. The Morgan fingerprint density at radius 3 is 2.78 bits per heavy atom. The minimum Gasteiger partial charge on any atom is -0.352 e. The van der Waals surface area contributed by atoms with Crippen molar-refractivity contribution in [3.8, 4) is 0 Å². The van der Waals surface area contributed by atoms with Crippen LogP contribution in [0.5, 0.6) is 0 Å². The Balaban J connectivity index is 2.05. The van der Waals surface area contributed by atoms with E-state index in [0.29, 0.717) is 18.0 Å². The molecule has 0 aliphatic heterocycles. The average Bonchev–Trinajstić information content (AvgIpc) is 2.86. The summed E-state index contributed by atoms with van der Waals surface area (Å²) in [5, 5.41) is 2.88. The highest BCUT2D eigenvalue weighted by Crippen LogP contribution is 2.18. The molecule has 0 aliphatic rings. The van der Waals surface area contributed by atoms with E-state index in [4.69, 9.17) is 4.98 Å². The summed E-state index contributed by atoms with van der Waals surface area (Å²) in [6.07, 6.45) is 2.88. The predicted octanol–water partition coefficient (Wildman–Crippen LogP) is 3.71. The van der Waals surface area contributed by atoms with Crippen molar-refractivity contribution < 1.29 is 4.79 Å². The molecule has 1 amide bonds. The lowest BCUT2D eigenvalue weighted by molar-refractivity contribution is -0.117. The lowest BCUT2D eigenvalue weighted by Gasteiger charge is -2.11. The molecule has 1 aromatic carbocycles. The van der Waals surface area contributed by atoms with E-state index in [-0.39, 0.29) is 5.91 Å². The average molecular weight is 313 g/mol. The van der Waals surface area contributed by atoms with Crippen LogP contribution >= 0.6 is 0 Å². The number of amides is 1. The summed E-state index contributed by atoms with van der Waals surface area (Å²) < 4.78 is 2.33. The molecular formula is C19H27N3O. The summed E-state index contributed by atoms with van der Waals surface area (Å²) in [5.74, 6) is 1.70. The molecular weight excluding hydrogens is 286 g/mol. The quantitative estimate of drug-likeness (QED) is 0.596. The van der Waals surface area contributed by atoms with E-state index in [1.165, 1.54) is 5.52 Å². The van der Waals surface area contributed by atoms with E-state index in [9.17, 15) is 4.79 Å². The van der Waals surface area contributed by atoms with Crippen LogP contribution in [-0.2, 0) is 17.8 Å². The topological polar surface area (TPSA) is 46.9 Å². The standard InChI is InChI=1S/C19H27N3O/c1-14(2)11-13-22-17-9-6-5-8-16(17)21-18(22)10-7-12-20-19(23)15(3)4/h5-6,8-9,14H,3,7,10-13H2,1-2,4H3,(H,20,23). The zero-order chi connectivity index (χ0) is 16.8. The number of imidazole rings is 1. The molecule has 0 bridgehead atoms. The maximum absolute atomic E-state index is 11.5. The first-order chi connectivity index (χ1) is 11.0. The van der Waals surface area contributed by atoms with Gasteiger partial charge in [0.05, 0.1) is 11.0 Å². The van der Waals surface area contributed by atoms with Crippen LogP contribution < -0.4 is 5.32 Å². The minimum atomic E-state index is -0.0710. The number of hydrogen-bond donors (Lipinski definition) is 1. The Labute approximate surface area is 138 Å². The second-order valence-corrected chi connectivity index (χ2v) is 6.49. The van der Waals surface area contributed by atoms with Crippen LogP contribution in [0.2, 0.25) is 0 Å².